The van der Waals surface area contributed by atoms with Crippen molar-refractivity contribution in [3.63, 3.8) is 0 Å². The Morgan fingerprint density at radius 1 is 1.30 bits per heavy atom. The molecule has 3 N–H and O–H groups in total. The average Bonchev–Trinajstić information content (AvgIpc) is 3.19. The molecule has 0 saturated carbocycles. The lowest BCUT2D eigenvalue weighted by atomic mass is 10.2. The highest BCUT2D eigenvalue weighted by Crippen LogP contribution is 2.24. The van der Waals surface area contributed by atoms with E-state index in [1.807, 2.05) is 0 Å². The molecule has 0 spiro atoms. The Kier molecular flexibility index (Phi) is 5.66. The van der Waals surface area contributed by atoms with Crippen molar-refractivity contribution in [3.05, 3.63) is 33.6 Å². The van der Waals surface area contributed by atoms with Crippen molar-refractivity contribution in [1.82, 2.24) is 15.2 Å². The third kappa shape index (κ3) is 4.27. The summed E-state index contributed by atoms with van der Waals surface area (Å²) in [5, 5.41) is 5.15. The van der Waals surface area contributed by atoms with E-state index >= 15 is 0 Å². The summed E-state index contributed by atoms with van der Waals surface area (Å²) in [7, 11) is 1.66. The zero-order valence-electron chi connectivity index (χ0n) is 12.3. The van der Waals surface area contributed by atoms with Crippen molar-refractivity contribution >= 4 is 45.7 Å². The number of anilines is 1. The summed E-state index contributed by atoms with van der Waals surface area (Å²) in [5.41, 5.74) is 5.24. The number of rotatable bonds is 5. The lowest BCUT2D eigenvalue weighted by Crippen LogP contribution is -2.43. The van der Waals surface area contributed by atoms with Crippen molar-refractivity contribution < 1.29 is 19.1 Å². The van der Waals surface area contributed by atoms with Gasteiger partial charge in [-0.25, -0.2) is 4.79 Å². The van der Waals surface area contributed by atoms with Crippen molar-refractivity contribution in [1.29, 1.82) is 0 Å². The number of nitrogens with one attached hydrogen (secondary N) is 3. The van der Waals surface area contributed by atoms with Gasteiger partial charge in [0, 0.05) is 7.05 Å². The molecule has 122 valence electrons. The Morgan fingerprint density at radius 3 is 2.74 bits per heavy atom. The third-order valence-electron chi connectivity index (χ3n) is 2.69. The van der Waals surface area contributed by atoms with Gasteiger partial charge in [0.25, 0.3) is 11.8 Å². The van der Waals surface area contributed by atoms with Crippen LogP contribution in [0.5, 0.6) is 0 Å². The van der Waals surface area contributed by atoms with E-state index in [0.29, 0.717) is 21.1 Å². The molecule has 2 aromatic rings. The maximum absolute atomic E-state index is 12.0. The second-order valence-electron chi connectivity index (χ2n) is 4.28. The van der Waals surface area contributed by atoms with Crippen molar-refractivity contribution in [2.24, 2.45) is 0 Å². The number of thiophene rings is 1. The zero-order chi connectivity index (χ0) is 16.8. The van der Waals surface area contributed by atoms with E-state index in [4.69, 9.17) is 4.74 Å². The molecular weight excluding hydrogens is 340 g/mol. The predicted molar refractivity (Wildman–Crippen MR) is 86.6 cm³/mol. The van der Waals surface area contributed by atoms with Gasteiger partial charge in [-0.05, 0) is 29.9 Å². The summed E-state index contributed by atoms with van der Waals surface area (Å²) >= 11 is 2.38. The SMILES string of the molecule is CNc1snc(C)c1C(=O)OCC(=O)NNC(=O)c1cccs1. The number of esters is 1. The molecule has 2 heterocycles. The van der Waals surface area contributed by atoms with E-state index in [9.17, 15) is 14.4 Å². The minimum Gasteiger partial charge on any atom is -0.452 e. The molecule has 23 heavy (non-hydrogen) atoms. The van der Waals surface area contributed by atoms with Crippen LogP contribution >= 0.6 is 22.9 Å². The highest BCUT2D eigenvalue weighted by molar-refractivity contribution is 7.12. The third-order valence-corrected chi connectivity index (χ3v) is 4.51. The summed E-state index contributed by atoms with van der Waals surface area (Å²) in [6, 6.07) is 3.34. The standard InChI is InChI=1S/C13H14N4O4S2/c1-7-10(12(14-2)23-17-7)13(20)21-6-9(18)15-16-11(19)8-4-3-5-22-8/h3-5,14H,6H2,1-2H3,(H,15,18)(H,16,19). The fourth-order valence-electron chi connectivity index (χ4n) is 1.62. The number of nitrogens with zero attached hydrogens (tertiary/aromatic N) is 1. The van der Waals surface area contributed by atoms with Crippen molar-refractivity contribution in [3.8, 4) is 0 Å². The number of aromatic nitrogens is 1. The number of carbonyl (C=O) groups excluding carboxylic acids is 3. The summed E-state index contributed by atoms with van der Waals surface area (Å²) in [5.74, 6) is -1.73. The smallest absolute Gasteiger partial charge is 0.343 e. The first-order chi connectivity index (χ1) is 11.0. The zero-order valence-corrected chi connectivity index (χ0v) is 14.0. The normalized spacial score (nSPS) is 10.0. The highest BCUT2D eigenvalue weighted by atomic mass is 32.1. The lowest BCUT2D eigenvalue weighted by Gasteiger charge is -2.08. The van der Waals surface area contributed by atoms with E-state index in [0.717, 1.165) is 11.5 Å². The number of ether oxygens (including phenoxy) is 1. The Balaban J connectivity index is 1.81. The maximum Gasteiger partial charge on any atom is 0.343 e. The Hall–Kier alpha value is -2.46. The van der Waals surface area contributed by atoms with Crippen molar-refractivity contribution in [2.75, 3.05) is 19.0 Å². The molecule has 0 saturated heterocycles. The molecule has 0 radical (unpaired) electrons. The van der Waals surface area contributed by atoms with Crippen LogP contribution in [0.1, 0.15) is 25.7 Å². The topological polar surface area (TPSA) is 109 Å². The van der Waals surface area contributed by atoms with Crippen LogP contribution < -0.4 is 16.2 Å². The van der Waals surface area contributed by atoms with E-state index in [2.05, 4.69) is 20.5 Å². The van der Waals surface area contributed by atoms with Gasteiger partial charge in [-0.3, -0.25) is 20.4 Å². The monoisotopic (exact) mass is 354 g/mol. The Morgan fingerprint density at radius 2 is 2.09 bits per heavy atom. The van der Waals surface area contributed by atoms with E-state index in [1.165, 1.54) is 11.3 Å². The minimum atomic E-state index is -0.652. The summed E-state index contributed by atoms with van der Waals surface area (Å²) in [6.07, 6.45) is 0. The van der Waals surface area contributed by atoms with Gasteiger partial charge in [0.05, 0.1) is 10.6 Å². The Bertz CT molecular complexity index is 712. The minimum absolute atomic E-state index is 0.299. The van der Waals surface area contributed by atoms with Crippen molar-refractivity contribution in [2.45, 2.75) is 6.92 Å². The average molecular weight is 354 g/mol. The molecule has 8 nitrogen and oxygen atoms in total. The molecule has 2 rings (SSSR count). The molecule has 0 bridgehead atoms. The van der Waals surface area contributed by atoms with E-state index in [-0.39, 0.29) is 0 Å². The van der Waals surface area contributed by atoms with Gasteiger partial charge >= 0.3 is 5.97 Å². The van der Waals surface area contributed by atoms with Crippen LogP contribution in [0.25, 0.3) is 0 Å². The fraction of sp³-hybridized carbons (Fsp3) is 0.231. The molecule has 0 unspecified atom stereocenters. The Labute approximate surface area is 140 Å². The highest BCUT2D eigenvalue weighted by Gasteiger charge is 2.20. The molecule has 2 amide bonds. The van der Waals surface area contributed by atoms with Gasteiger partial charge in [0.15, 0.2) is 6.61 Å². The van der Waals surface area contributed by atoms with Gasteiger partial charge in [-0.2, -0.15) is 4.37 Å². The van der Waals surface area contributed by atoms with Crippen LogP contribution in [0.2, 0.25) is 0 Å². The number of hydrazine groups is 1. The molecule has 0 fully saturated rings. The molecule has 0 aliphatic heterocycles. The molecule has 0 atom stereocenters. The maximum atomic E-state index is 12.0. The number of carbonyl (C=O) groups is 3. The van der Waals surface area contributed by atoms with Crippen LogP contribution in [-0.2, 0) is 9.53 Å². The molecule has 0 aliphatic rings. The summed E-state index contributed by atoms with van der Waals surface area (Å²) in [6.45, 7) is 1.16. The molecular formula is C13H14N4O4S2. The number of aryl methyl sites for hydroxylation is 1. The second kappa shape index (κ2) is 7.70. The molecule has 2 aromatic heterocycles. The van der Waals surface area contributed by atoms with Gasteiger partial charge in [-0.1, -0.05) is 6.07 Å². The second-order valence-corrected chi connectivity index (χ2v) is 6.00. The fourth-order valence-corrected chi connectivity index (χ4v) is 2.97. The molecule has 0 aliphatic carbocycles. The first-order valence-electron chi connectivity index (χ1n) is 6.46. The van der Waals surface area contributed by atoms with E-state index < -0.39 is 24.4 Å². The van der Waals surface area contributed by atoms with Crippen LogP contribution in [-0.4, -0.2) is 35.8 Å². The summed E-state index contributed by atoms with van der Waals surface area (Å²) < 4.78 is 8.97. The van der Waals surface area contributed by atoms with Gasteiger partial charge < -0.3 is 10.1 Å². The molecule has 10 heteroatoms. The first kappa shape index (κ1) is 16.9. The van der Waals surface area contributed by atoms with Gasteiger partial charge in [0.1, 0.15) is 10.6 Å². The van der Waals surface area contributed by atoms with Gasteiger partial charge in [0.2, 0.25) is 0 Å². The van der Waals surface area contributed by atoms with Gasteiger partial charge in [-0.15, -0.1) is 11.3 Å². The quantitative estimate of drug-likeness (QED) is 0.549. The first-order valence-corrected chi connectivity index (χ1v) is 8.12. The summed E-state index contributed by atoms with van der Waals surface area (Å²) in [4.78, 5) is 35.7. The van der Waals surface area contributed by atoms with Crippen LogP contribution in [0, 0.1) is 6.92 Å². The van der Waals surface area contributed by atoms with Crippen LogP contribution in [0.3, 0.4) is 0 Å². The molecule has 0 aromatic carbocycles. The lowest BCUT2D eigenvalue weighted by molar-refractivity contribution is -0.125. The number of amides is 2. The van der Waals surface area contributed by atoms with Crippen LogP contribution in [0.15, 0.2) is 17.5 Å². The number of hydrogen-bond donors (Lipinski definition) is 3. The predicted octanol–water partition coefficient (Wildman–Crippen LogP) is 1.17. The van der Waals surface area contributed by atoms with Crippen LogP contribution in [0.4, 0.5) is 5.00 Å². The largest absolute Gasteiger partial charge is 0.452 e. The van der Waals surface area contributed by atoms with E-state index in [1.54, 1.807) is 31.5 Å². The number of hydrogen-bond acceptors (Lipinski definition) is 8.